The van der Waals surface area contributed by atoms with Gasteiger partial charge in [-0.2, -0.15) is 0 Å². The van der Waals surface area contributed by atoms with E-state index in [1.807, 2.05) is 36.6 Å². The number of rotatable bonds is 6. The number of nitrogens with zero attached hydrogens (tertiary/aromatic N) is 2. The monoisotopic (exact) mass is 360 g/mol. The van der Waals surface area contributed by atoms with Crippen molar-refractivity contribution in [2.75, 3.05) is 19.5 Å². The van der Waals surface area contributed by atoms with E-state index in [1.165, 1.54) is 23.1 Å². The van der Waals surface area contributed by atoms with Crippen LogP contribution >= 0.6 is 23.1 Å². The number of esters is 1. The Balaban J connectivity index is 1.60. The maximum atomic E-state index is 11.7. The van der Waals surface area contributed by atoms with Crippen LogP contribution in [0.3, 0.4) is 0 Å². The SMILES string of the molecule is COc1ccc2nc(SCCOC(=O)c3cccs3)nc(C)c2c1. The third-order valence-corrected chi connectivity index (χ3v) is 5.00. The molecule has 2 heterocycles. The standard InChI is InChI=1S/C17H16N2O3S2/c1-11-13-10-12(21-2)5-6-14(13)19-17(18-11)24-9-7-22-16(20)15-4-3-8-23-15/h3-6,8,10H,7,9H2,1-2H3. The molecule has 1 aromatic carbocycles. The zero-order valence-electron chi connectivity index (χ0n) is 13.3. The molecular formula is C17H16N2O3S2. The van der Waals surface area contributed by atoms with Crippen molar-refractivity contribution in [2.24, 2.45) is 0 Å². The van der Waals surface area contributed by atoms with Gasteiger partial charge in [0.25, 0.3) is 0 Å². The molecule has 0 unspecified atom stereocenters. The van der Waals surface area contributed by atoms with Crippen LogP contribution in [0.4, 0.5) is 0 Å². The molecule has 3 rings (SSSR count). The summed E-state index contributed by atoms with van der Waals surface area (Å²) in [6.07, 6.45) is 0. The number of hydrogen-bond acceptors (Lipinski definition) is 7. The summed E-state index contributed by atoms with van der Waals surface area (Å²) < 4.78 is 10.5. The van der Waals surface area contributed by atoms with Crippen molar-refractivity contribution in [1.82, 2.24) is 9.97 Å². The van der Waals surface area contributed by atoms with Crippen LogP contribution in [0.1, 0.15) is 15.4 Å². The van der Waals surface area contributed by atoms with Gasteiger partial charge in [-0.15, -0.1) is 11.3 Å². The Morgan fingerprint density at radius 3 is 2.92 bits per heavy atom. The minimum Gasteiger partial charge on any atom is -0.497 e. The molecule has 0 aliphatic rings. The molecule has 0 atom stereocenters. The first kappa shape index (κ1) is 16.7. The van der Waals surface area contributed by atoms with Gasteiger partial charge in [0.15, 0.2) is 5.16 Å². The molecule has 7 heteroatoms. The number of methoxy groups -OCH3 is 1. The van der Waals surface area contributed by atoms with Crippen LogP contribution in [0.25, 0.3) is 10.9 Å². The molecule has 5 nitrogen and oxygen atoms in total. The van der Waals surface area contributed by atoms with Gasteiger partial charge in [-0.05, 0) is 36.6 Å². The van der Waals surface area contributed by atoms with Gasteiger partial charge in [0.05, 0.1) is 12.6 Å². The van der Waals surface area contributed by atoms with Crippen LogP contribution in [0.15, 0.2) is 40.9 Å². The summed E-state index contributed by atoms with van der Waals surface area (Å²) in [5.74, 6) is 1.11. The lowest BCUT2D eigenvalue weighted by molar-refractivity contribution is 0.0536. The van der Waals surface area contributed by atoms with E-state index >= 15 is 0 Å². The van der Waals surface area contributed by atoms with E-state index in [9.17, 15) is 4.79 Å². The third kappa shape index (κ3) is 3.85. The van der Waals surface area contributed by atoms with Crippen molar-refractivity contribution in [3.8, 4) is 5.75 Å². The first-order valence-corrected chi connectivity index (χ1v) is 9.19. The van der Waals surface area contributed by atoms with Gasteiger partial charge in [0, 0.05) is 16.8 Å². The molecule has 124 valence electrons. The fourth-order valence-electron chi connectivity index (χ4n) is 2.16. The number of thioether (sulfide) groups is 1. The van der Waals surface area contributed by atoms with E-state index in [0.29, 0.717) is 22.4 Å². The number of fused-ring (bicyclic) bond motifs is 1. The fraction of sp³-hybridized carbons (Fsp3) is 0.235. The van der Waals surface area contributed by atoms with Crippen molar-refractivity contribution < 1.29 is 14.3 Å². The number of thiophene rings is 1. The van der Waals surface area contributed by atoms with Crippen LogP contribution in [0.5, 0.6) is 5.75 Å². The molecule has 0 spiro atoms. The van der Waals surface area contributed by atoms with E-state index in [-0.39, 0.29) is 5.97 Å². The molecule has 2 aromatic heterocycles. The molecule has 0 amide bonds. The smallest absolute Gasteiger partial charge is 0.348 e. The summed E-state index contributed by atoms with van der Waals surface area (Å²) in [5.41, 5.74) is 1.78. The minimum atomic E-state index is -0.284. The van der Waals surface area contributed by atoms with E-state index in [1.54, 1.807) is 13.2 Å². The largest absolute Gasteiger partial charge is 0.497 e. The second-order valence-electron chi connectivity index (χ2n) is 4.94. The van der Waals surface area contributed by atoms with Crippen LogP contribution in [-0.4, -0.2) is 35.4 Å². The van der Waals surface area contributed by atoms with Crippen LogP contribution < -0.4 is 4.74 Å². The normalized spacial score (nSPS) is 10.8. The van der Waals surface area contributed by atoms with Crippen LogP contribution in [0.2, 0.25) is 0 Å². The summed E-state index contributed by atoms with van der Waals surface area (Å²) in [6.45, 7) is 2.27. The van der Waals surface area contributed by atoms with Crippen molar-refractivity contribution in [3.05, 3.63) is 46.3 Å². The molecular weight excluding hydrogens is 344 g/mol. The average Bonchev–Trinajstić information content (AvgIpc) is 3.13. The predicted molar refractivity (Wildman–Crippen MR) is 96.2 cm³/mol. The van der Waals surface area contributed by atoms with E-state index < -0.39 is 0 Å². The lowest BCUT2D eigenvalue weighted by Gasteiger charge is -2.07. The van der Waals surface area contributed by atoms with E-state index in [0.717, 1.165) is 22.3 Å². The van der Waals surface area contributed by atoms with Crippen LogP contribution in [0, 0.1) is 6.92 Å². The number of ether oxygens (including phenoxy) is 2. The summed E-state index contributed by atoms with van der Waals surface area (Å²) in [5, 5.41) is 3.51. The molecule has 0 aliphatic carbocycles. The summed E-state index contributed by atoms with van der Waals surface area (Å²) in [6, 6.07) is 9.32. The van der Waals surface area contributed by atoms with Gasteiger partial charge in [0.2, 0.25) is 0 Å². The van der Waals surface area contributed by atoms with Crippen molar-refractivity contribution in [1.29, 1.82) is 0 Å². The highest BCUT2D eigenvalue weighted by Crippen LogP contribution is 2.24. The first-order valence-electron chi connectivity index (χ1n) is 7.33. The Morgan fingerprint density at radius 2 is 2.17 bits per heavy atom. The molecule has 0 N–H and O–H groups in total. The highest BCUT2D eigenvalue weighted by molar-refractivity contribution is 7.99. The number of aryl methyl sites for hydroxylation is 1. The summed E-state index contributed by atoms with van der Waals surface area (Å²) >= 11 is 2.85. The lowest BCUT2D eigenvalue weighted by Crippen LogP contribution is -2.06. The Bertz CT molecular complexity index is 850. The van der Waals surface area contributed by atoms with Gasteiger partial charge in [-0.25, -0.2) is 14.8 Å². The van der Waals surface area contributed by atoms with Crippen molar-refractivity contribution in [2.45, 2.75) is 12.1 Å². The molecule has 0 aliphatic heterocycles. The minimum absolute atomic E-state index is 0.284. The molecule has 0 bridgehead atoms. The third-order valence-electron chi connectivity index (χ3n) is 3.34. The number of hydrogen-bond donors (Lipinski definition) is 0. The summed E-state index contributed by atoms with van der Waals surface area (Å²) in [7, 11) is 1.64. The van der Waals surface area contributed by atoms with Crippen molar-refractivity contribution in [3.63, 3.8) is 0 Å². The second-order valence-corrected chi connectivity index (χ2v) is 6.95. The highest BCUT2D eigenvalue weighted by Gasteiger charge is 2.09. The van der Waals surface area contributed by atoms with Crippen molar-refractivity contribution >= 4 is 40.0 Å². The Hall–Kier alpha value is -2.12. The van der Waals surface area contributed by atoms with Gasteiger partial charge in [-0.3, -0.25) is 0 Å². The number of carbonyl (C=O) groups excluding carboxylic acids is 1. The van der Waals surface area contributed by atoms with Gasteiger partial charge < -0.3 is 9.47 Å². The van der Waals surface area contributed by atoms with Crippen LogP contribution in [-0.2, 0) is 4.74 Å². The summed E-state index contributed by atoms with van der Waals surface area (Å²) in [4.78, 5) is 21.4. The molecule has 0 saturated carbocycles. The molecule has 0 radical (unpaired) electrons. The Labute approximate surface area is 148 Å². The Morgan fingerprint density at radius 1 is 1.29 bits per heavy atom. The predicted octanol–water partition coefficient (Wildman–Crippen LogP) is 3.96. The van der Waals surface area contributed by atoms with Gasteiger partial charge in [0.1, 0.15) is 17.2 Å². The number of benzene rings is 1. The molecule has 3 aromatic rings. The first-order chi connectivity index (χ1) is 11.7. The maximum Gasteiger partial charge on any atom is 0.348 e. The van der Waals surface area contributed by atoms with Gasteiger partial charge >= 0.3 is 5.97 Å². The number of aromatic nitrogens is 2. The Kier molecular flexibility index (Phi) is 5.32. The maximum absolute atomic E-state index is 11.7. The quantitative estimate of drug-likeness (QED) is 0.287. The fourth-order valence-corrected chi connectivity index (χ4v) is 3.49. The van der Waals surface area contributed by atoms with Gasteiger partial charge in [-0.1, -0.05) is 17.8 Å². The van der Waals surface area contributed by atoms with E-state index in [4.69, 9.17) is 9.47 Å². The highest BCUT2D eigenvalue weighted by atomic mass is 32.2. The molecule has 24 heavy (non-hydrogen) atoms. The average molecular weight is 360 g/mol. The van der Waals surface area contributed by atoms with E-state index in [2.05, 4.69) is 9.97 Å². The topological polar surface area (TPSA) is 61.3 Å². The second kappa shape index (κ2) is 7.63. The number of carbonyl (C=O) groups is 1. The molecule has 0 fully saturated rings. The lowest BCUT2D eigenvalue weighted by atomic mass is 10.2. The zero-order chi connectivity index (χ0) is 16.9. The zero-order valence-corrected chi connectivity index (χ0v) is 14.9. The molecule has 0 saturated heterocycles.